The molecule has 2 heterocycles. The molecule has 0 unspecified atom stereocenters. The first kappa shape index (κ1) is 32.0. The lowest BCUT2D eigenvalue weighted by molar-refractivity contribution is -0.132. The van der Waals surface area contributed by atoms with Crippen LogP contribution in [0.5, 0.6) is 28.7 Å². The maximum atomic E-state index is 12.6. The van der Waals surface area contributed by atoms with Crippen LogP contribution in [0.15, 0.2) is 66.4 Å². The smallest absolute Gasteiger partial charge is 0.338 e. The number of nitrogens with zero attached hydrogens (tertiary/aromatic N) is 2. The van der Waals surface area contributed by atoms with Gasteiger partial charge in [-0.3, -0.25) is 4.68 Å². The van der Waals surface area contributed by atoms with Crippen molar-refractivity contribution in [1.29, 1.82) is 0 Å². The van der Waals surface area contributed by atoms with Crippen LogP contribution < -0.4 is 23.7 Å². The number of aryl methyl sites for hydroxylation is 1. The van der Waals surface area contributed by atoms with Gasteiger partial charge in [-0.2, -0.15) is 5.10 Å². The summed E-state index contributed by atoms with van der Waals surface area (Å²) in [4.78, 5) is 25.0. The molecule has 3 aromatic carbocycles. The van der Waals surface area contributed by atoms with E-state index < -0.39 is 11.9 Å². The molecule has 0 bridgehead atoms. The van der Waals surface area contributed by atoms with Gasteiger partial charge in [-0.15, -0.1) is 0 Å². The molecule has 11 heteroatoms. The predicted molar refractivity (Wildman–Crippen MR) is 170 cm³/mol. The molecule has 46 heavy (non-hydrogen) atoms. The molecule has 0 saturated heterocycles. The van der Waals surface area contributed by atoms with Crippen LogP contribution in [0.2, 0.25) is 0 Å². The molecule has 5 rings (SSSR count). The highest BCUT2D eigenvalue weighted by atomic mass is 16.7. The summed E-state index contributed by atoms with van der Waals surface area (Å²) in [5.74, 6) is 1.02. The predicted octanol–water partition coefficient (Wildman–Crippen LogP) is 6.17. The van der Waals surface area contributed by atoms with Crippen LogP contribution in [0.1, 0.15) is 46.8 Å². The fraction of sp³-hybridized carbons (Fsp3) is 0.286. The number of esters is 1. The van der Waals surface area contributed by atoms with E-state index in [1.54, 1.807) is 55.7 Å². The number of unbranched alkanes of at least 4 members (excludes halogenated alkanes) is 1. The summed E-state index contributed by atoms with van der Waals surface area (Å²) in [5, 5.41) is 15.2. The number of carbonyl (C=O) groups is 2. The summed E-state index contributed by atoms with van der Waals surface area (Å²) in [7, 11) is 4.41. The van der Waals surface area contributed by atoms with Gasteiger partial charge in [0.1, 0.15) is 29.5 Å². The van der Waals surface area contributed by atoms with Crippen molar-refractivity contribution in [3.63, 3.8) is 0 Å². The van der Waals surface area contributed by atoms with Gasteiger partial charge in [-0.1, -0.05) is 31.5 Å². The SMILES string of the molecule is CCCCn1cc(C=C(Cc2cc3c(cc2OC)OCO3)C(=O)O)c(-c2ccc(OC)cc2OCc2ccccc2C(=O)OC)n1. The third-order valence-corrected chi connectivity index (χ3v) is 7.54. The molecule has 1 aliphatic rings. The molecule has 0 fully saturated rings. The largest absolute Gasteiger partial charge is 0.497 e. The Labute approximate surface area is 266 Å². The average molecular weight is 629 g/mol. The molecule has 4 aromatic rings. The number of methoxy groups -OCH3 is 3. The maximum Gasteiger partial charge on any atom is 0.338 e. The fourth-order valence-electron chi connectivity index (χ4n) is 5.12. The Morgan fingerprint density at radius 2 is 1.76 bits per heavy atom. The Bertz CT molecular complexity index is 1760. The zero-order valence-electron chi connectivity index (χ0n) is 26.2. The molecule has 240 valence electrons. The van der Waals surface area contributed by atoms with Crippen molar-refractivity contribution in [2.45, 2.75) is 39.3 Å². The summed E-state index contributed by atoms with van der Waals surface area (Å²) in [6, 6.07) is 15.8. The highest BCUT2D eigenvalue weighted by Crippen LogP contribution is 2.40. The van der Waals surface area contributed by atoms with Gasteiger partial charge in [0.2, 0.25) is 6.79 Å². The van der Waals surface area contributed by atoms with E-state index in [-0.39, 0.29) is 25.4 Å². The van der Waals surface area contributed by atoms with Gasteiger partial charge in [0.25, 0.3) is 0 Å². The van der Waals surface area contributed by atoms with Crippen LogP contribution in [0.3, 0.4) is 0 Å². The summed E-state index contributed by atoms with van der Waals surface area (Å²) in [6.07, 6.45) is 5.37. The second kappa shape index (κ2) is 14.6. The lowest BCUT2D eigenvalue weighted by atomic mass is 9.99. The minimum absolute atomic E-state index is 0.0605. The van der Waals surface area contributed by atoms with Crippen molar-refractivity contribution >= 4 is 18.0 Å². The molecule has 0 saturated carbocycles. The zero-order chi connectivity index (χ0) is 32.6. The molecule has 1 aromatic heterocycles. The highest BCUT2D eigenvalue weighted by Gasteiger charge is 2.22. The number of aromatic nitrogens is 2. The summed E-state index contributed by atoms with van der Waals surface area (Å²) in [5.41, 5.74) is 3.55. The van der Waals surface area contributed by atoms with Crippen molar-refractivity contribution in [2.24, 2.45) is 0 Å². The van der Waals surface area contributed by atoms with Crippen LogP contribution in [-0.2, 0) is 29.1 Å². The van der Waals surface area contributed by atoms with Gasteiger partial charge in [0.15, 0.2) is 11.5 Å². The van der Waals surface area contributed by atoms with Crippen molar-refractivity contribution < 1.29 is 43.1 Å². The Hall–Kier alpha value is -5.45. The van der Waals surface area contributed by atoms with E-state index in [1.165, 1.54) is 14.2 Å². The number of aliphatic carboxylic acids is 1. The number of carboxylic acid groups (broad SMARTS) is 1. The molecular weight excluding hydrogens is 592 g/mol. The first-order valence-electron chi connectivity index (χ1n) is 14.8. The molecule has 0 radical (unpaired) electrons. The van der Waals surface area contributed by atoms with Crippen LogP contribution in [0, 0.1) is 0 Å². The van der Waals surface area contributed by atoms with Crippen molar-refractivity contribution in [3.05, 3.63) is 88.6 Å². The van der Waals surface area contributed by atoms with Gasteiger partial charge in [-0.05, 0) is 36.8 Å². The van der Waals surface area contributed by atoms with Gasteiger partial charge in [-0.25, -0.2) is 9.59 Å². The number of hydrogen-bond donors (Lipinski definition) is 1. The number of carbonyl (C=O) groups excluding carboxylic acids is 1. The lowest BCUT2D eigenvalue weighted by Gasteiger charge is -2.14. The van der Waals surface area contributed by atoms with Gasteiger partial charge >= 0.3 is 11.9 Å². The van der Waals surface area contributed by atoms with E-state index >= 15 is 0 Å². The average Bonchev–Trinajstić information content (AvgIpc) is 3.71. The topological polar surface area (TPSA) is 128 Å². The summed E-state index contributed by atoms with van der Waals surface area (Å²) < 4.78 is 35.1. The molecule has 0 aliphatic carbocycles. The molecule has 0 spiro atoms. The van der Waals surface area contributed by atoms with E-state index in [4.69, 9.17) is 33.5 Å². The van der Waals surface area contributed by atoms with E-state index in [0.717, 1.165) is 12.8 Å². The lowest BCUT2D eigenvalue weighted by Crippen LogP contribution is -2.08. The first-order valence-corrected chi connectivity index (χ1v) is 14.8. The quantitative estimate of drug-likeness (QED) is 0.128. The van der Waals surface area contributed by atoms with Gasteiger partial charge < -0.3 is 33.5 Å². The molecular formula is C35H36N2O9. The van der Waals surface area contributed by atoms with Crippen molar-refractivity contribution in [1.82, 2.24) is 9.78 Å². The monoisotopic (exact) mass is 628 g/mol. The summed E-state index contributed by atoms with van der Waals surface area (Å²) >= 11 is 0. The zero-order valence-corrected chi connectivity index (χ0v) is 26.2. The molecule has 0 amide bonds. The van der Waals surface area contributed by atoms with E-state index in [9.17, 15) is 14.7 Å². The van der Waals surface area contributed by atoms with E-state index in [0.29, 0.717) is 68.8 Å². The minimum atomic E-state index is -1.09. The van der Waals surface area contributed by atoms with E-state index in [1.807, 2.05) is 23.0 Å². The van der Waals surface area contributed by atoms with Crippen LogP contribution >= 0.6 is 0 Å². The first-order chi connectivity index (χ1) is 22.3. The number of rotatable bonds is 14. The van der Waals surface area contributed by atoms with Crippen LogP contribution in [0.25, 0.3) is 17.3 Å². The second-order valence-corrected chi connectivity index (χ2v) is 10.5. The Morgan fingerprint density at radius 3 is 2.48 bits per heavy atom. The molecule has 11 nitrogen and oxygen atoms in total. The number of hydrogen-bond acceptors (Lipinski definition) is 9. The Morgan fingerprint density at radius 1 is 0.978 bits per heavy atom. The third kappa shape index (κ3) is 7.09. The molecule has 1 aliphatic heterocycles. The molecule has 0 atom stereocenters. The Kier molecular flexibility index (Phi) is 10.1. The fourth-order valence-corrected chi connectivity index (χ4v) is 5.12. The van der Waals surface area contributed by atoms with Gasteiger partial charge in [0, 0.05) is 59.1 Å². The van der Waals surface area contributed by atoms with Crippen molar-refractivity contribution in [2.75, 3.05) is 28.1 Å². The summed E-state index contributed by atoms with van der Waals surface area (Å²) in [6.45, 7) is 2.89. The van der Waals surface area contributed by atoms with E-state index in [2.05, 4.69) is 6.92 Å². The normalized spacial score (nSPS) is 12.1. The van der Waals surface area contributed by atoms with Crippen LogP contribution in [-0.4, -0.2) is 54.9 Å². The second-order valence-electron chi connectivity index (χ2n) is 10.5. The van der Waals surface area contributed by atoms with Gasteiger partial charge in [0.05, 0.1) is 26.9 Å². The number of carboxylic acids is 1. The van der Waals surface area contributed by atoms with Crippen LogP contribution in [0.4, 0.5) is 0 Å². The molecule has 1 N–H and O–H groups in total. The number of ether oxygens (including phenoxy) is 6. The highest BCUT2D eigenvalue weighted by molar-refractivity contribution is 5.94. The Balaban J connectivity index is 1.56. The number of fused-ring (bicyclic) bond motifs is 1. The third-order valence-electron chi connectivity index (χ3n) is 7.54. The van der Waals surface area contributed by atoms with Crippen molar-refractivity contribution in [3.8, 4) is 40.0 Å². The minimum Gasteiger partial charge on any atom is -0.497 e. The maximum absolute atomic E-state index is 12.6. The standard InChI is InChI=1S/C35H36N2O9/c1-5-6-13-37-19-25(15-24(34(38)39)14-23-16-31-32(46-21-45-31)18-29(23)42-3)33(36-37)28-12-11-26(41-2)17-30(28)44-20-22-9-7-8-10-27(22)35(40)43-4/h7-12,15-19H,5-6,13-14,20-21H2,1-4H3,(H,38,39). The number of benzene rings is 3.